The van der Waals surface area contributed by atoms with Gasteiger partial charge in [0, 0.05) is 18.3 Å². The molecule has 116 valence electrons. The molecule has 1 fully saturated rings. The Morgan fingerprint density at radius 3 is 2.71 bits per heavy atom. The first kappa shape index (κ1) is 15.8. The van der Waals surface area contributed by atoms with Crippen LogP contribution in [0.2, 0.25) is 0 Å². The van der Waals surface area contributed by atoms with Gasteiger partial charge in [-0.1, -0.05) is 19.1 Å². The van der Waals surface area contributed by atoms with Gasteiger partial charge in [-0.3, -0.25) is 4.79 Å². The molecule has 1 aliphatic heterocycles. The molecule has 1 aromatic carbocycles. The predicted octanol–water partition coefficient (Wildman–Crippen LogP) is 2.39. The van der Waals surface area contributed by atoms with Crippen LogP contribution >= 0.6 is 0 Å². The maximum absolute atomic E-state index is 10.9. The number of carbonyl (C=O) groups is 1. The highest BCUT2D eigenvalue weighted by atomic mass is 16.1. The molecule has 0 saturated carbocycles. The van der Waals surface area contributed by atoms with Crippen molar-refractivity contribution >= 4 is 11.6 Å². The summed E-state index contributed by atoms with van der Waals surface area (Å²) in [6.07, 6.45) is 5.23. The maximum Gasteiger partial charge on any atom is 0.221 e. The topological polar surface area (TPSA) is 58.4 Å². The Kier molecular flexibility index (Phi) is 6.05. The number of hydrogen-bond donors (Lipinski definition) is 2. The summed E-state index contributed by atoms with van der Waals surface area (Å²) in [7, 11) is 0. The van der Waals surface area contributed by atoms with Gasteiger partial charge in [0.1, 0.15) is 0 Å². The van der Waals surface area contributed by atoms with Gasteiger partial charge in [0.15, 0.2) is 0 Å². The van der Waals surface area contributed by atoms with E-state index in [9.17, 15) is 4.79 Å². The van der Waals surface area contributed by atoms with Crippen molar-refractivity contribution in [2.24, 2.45) is 5.73 Å². The molecule has 3 N–H and O–H groups in total. The standard InChI is InChI=1S/C17H27N3O/c1-2-10-20-11-3-4-15(9-12-20)19-16-7-5-14(6-8-16)13-17(18)21/h5-8,15,19H,2-4,9-13H2,1H3,(H2,18,21). The zero-order valence-corrected chi connectivity index (χ0v) is 13.0. The second-order valence-corrected chi connectivity index (χ2v) is 5.95. The smallest absolute Gasteiger partial charge is 0.221 e. The molecule has 0 bridgehead atoms. The molecular weight excluding hydrogens is 262 g/mol. The van der Waals surface area contributed by atoms with Gasteiger partial charge in [0.05, 0.1) is 6.42 Å². The van der Waals surface area contributed by atoms with E-state index in [-0.39, 0.29) is 5.91 Å². The van der Waals surface area contributed by atoms with Crippen molar-refractivity contribution < 1.29 is 4.79 Å². The highest BCUT2D eigenvalue weighted by Gasteiger charge is 2.16. The average Bonchev–Trinajstić information content (AvgIpc) is 2.67. The fourth-order valence-electron chi connectivity index (χ4n) is 3.00. The first-order valence-corrected chi connectivity index (χ1v) is 8.03. The molecule has 1 atom stereocenters. The Morgan fingerprint density at radius 1 is 1.29 bits per heavy atom. The fourth-order valence-corrected chi connectivity index (χ4v) is 3.00. The van der Waals surface area contributed by atoms with Crippen LogP contribution in [0, 0.1) is 0 Å². The van der Waals surface area contributed by atoms with Crippen molar-refractivity contribution in [2.45, 2.75) is 45.1 Å². The summed E-state index contributed by atoms with van der Waals surface area (Å²) in [6, 6.07) is 8.61. The van der Waals surface area contributed by atoms with E-state index in [2.05, 4.69) is 17.1 Å². The Hall–Kier alpha value is -1.55. The summed E-state index contributed by atoms with van der Waals surface area (Å²) < 4.78 is 0. The zero-order valence-electron chi connectivity index (χ0n) is 13.0. The van der Waals surface area contributed by atoms with Gasteiger partial charge in [0.2, 0.25) is 5.91 Å². The Labute approximate surface area is 127 Å². The number of likely N-dealkylation sites (tertiary alicyclic amines) is 1. The first-order chi connectivity index (χ1) is 10.2. The summed E-state index contributed by atoms with van der Waals surface area (Å²) in [6.45, 7) is 5.87. The third kappa shape index (κ3) is 5.38. The zero-order chi connectivity index (χ0) is 15.1. The molecule has 2 rings (SSSR count). The van der Waals surface area contributed by atoms with Gasteiger partial charge in [0.25, 0.3) is 0 Å². The Balaban J connectivity index is 1.85. The molecule has 1 amide bonds. The Bertz CT molecular complexity index is 444. The third-order valence-corrected chi connectivity index (χ3v) is 4.06. The van der Waals surface area contributed by atoms with Gasteiger partial charge in [-0.25, -0.2) is 0 Å². The minimum Gasteiger partial charge on any atom is -0.382 e. The summed E-state index contributed by atoms with van der Waals surface area (Å²) in [4.78, 5) is 13.5. The van der Waals surface area contributed by atoms with Crippen LogP contribution in [0.25, 0.3) is 0 Å². The van der Waals surface area contributed by atoms with Crippen molar-refractivity contribution in [3.8, 4) is 0 Å². The van der Waals surface area contributed by atoms with Gasteiger partial charge >= 0.3 is 0 Å². The van der Waals surface area contributed by atoms with E-state index < -0.39 is 0 Å². The van der Waals surface area contributed by atoms with Crippen LogP contribution in [0.3, 0.4) is 0 Å². The van der Waals surface area contributed by atoms with Crippen molar-refractivity contribution in [3.63, 3.8) is 0 Å². The van der Waals surface area contributed by atoms with Crippen LogP contribution in [-0.4, -0.2) is 36.5 Å². The molecule has 1 heterocycles. The number of hydrogen-bond acceptors (Lipinski definition) is 3. The molecule has 1 aromatic rings. The summed E-state index contributed by atoms with van der Waals surface area (Å²) in [5.74, 6) is -0.282. The minimum absolute atomic E-state index is 0.282. The molecule has 0 radical (unpaired) electrons. The van der Waals surface area contributed by atoms with E-state index in [1.54, 1.807) is 0 Å². The number of anilines is 1. The summed E-state index contributed by atoms with van der Waals surface area (Å²) in [5, 5.41) is 3.62. The third-order valence-electron chi connectivity index (χ3n) is 4.06. The Morgan fingerprint density at radius 2 is 2.05 bits per heavy atom. The number of benzene rings is 1. The number of amides is 1. The van der Waals surface area contributed by atoms with Crippen LogP contribution in [0.15, 0.2) is 24.3 Å². The van der Waals surface area contributed by atoms with E-state index in [4.69, 9.17) is 5.73 Å². The number of rotatable bonds is 6. The van der Waals surface area contributed by atoms with Crippen molar-refractivity contribution in [1.82, 2.24) is 4.90 Å². The van der Waals surface area contributed by atoms with E-state index in [1.165, 1.54) is 45.3 Å². The monoisotopic (exact) mass is 289 g/mol. The number of carbonyl (C=O) groups excluding carboxylic acids is 1. The highest BCUT2D eigenvalue weighted by molar-refractivity contribution is 5.76. The summed E-state index contributed by atoms with van der Waals surface area (Å²) >= 11 is 0. The molecule has 21 heavy (non-hydrogen) atoms. The maximum atomic E-state index is 10.9. The fraction of sp³-hybridized carbons (Fsp3) is 0.588. The van der Waals surface area contributed by atoms with Crippen molar-refractivity contribution in [2.75, 3.05) is 25.0 Å². The van der Waals surface area contributed by atoms with Gasteiger partial charge in [-0.2, -0.15) is 0 Å². The SMILES string of the molecule is CCCN1CCCC(Nc2ccc(CC(N)=O)cc2)CC1. The molecule has 1 unspecified atom stereocenters. The second kappa shape index (κ2) is 8.03. The molecule has 0 spiro atoms. The van der Waals surface area contributed by atoms with Gasteiger partial charge in [-0.15, -0.1) is 0 Å². The number of nitrogens with zero attached hydrogens (tertiary/aromatic N) is 1. The number of nitrogens with two attached hydrogens (primary N) is 1. The molecule has 4 nitrogen and oxygen atoms in total. The van der Waals surface area contributed by atoms with Crippen molar-refractivity contribution in [3.05, 3.63) is 29.8 Å². The van der Waals surface area contributed by atoms with E-state index in [1.807, 2.05) is 24.3 Å². The lowest BCUT2D eigenvalue weighted by Gasteiger charge is -2.20. The van der Waals surface area contributed by atoms with E-state index in [0.29, 0.717) is 12.5 Å². The lowest BCUT2D eigenvalue weighted by atomic mass is 10.1. The second-order valence-electron chi connectivity index (χ2n) is 5.95. The molecule has 0 aromatic heterocycles. The first-order valence-electron chi connectivity index (χ1n) is 8.03. The largest absolute Gasteiger partial charge is 0.382 e. The normalized spacial score (nSPS) is 20.0. The number of primary amides is 1. The lowest BCUT2D eigenvalue weighted by Crippen LogP contribution is -2.27. The molecule has 1 saturated heterocycles. The van der Waals surface area contributed by atoms with Crippen LogP contribution in [0.1, 0.15) is 38.2 Å². The van der Waals surface area contributed by atoms with E-state index >= 15 is 0 Å². The molecule has 1 aliphatic rings. The van der Waals surface area contributed by atoms with Crippen molar-refractivity contribution in [1.29, 1.82) is 0 Å². The quantitative estimate of drug-likeness (QED) is 0.845. The summed E-state index contributed by atoms with van der Waals surface area (Å²) in [5.41, 5.74) is 7.32. The lowest BCUT2D eigenvalue weighted by molar-refractivity contribution is -0.117. The molecular formula is C17H27N3O. The van der Waals surface area contributed by atoms with Crippen LogP contribution in [-0.2, 0) is 11.2 Å². The average molecular weight is 289 g/mol. The number of nitrogens with one attached hydrogen (secondary N) is 1. The van der Waals surface area contributed by atoms with Gasteiger partial charge < -0.3 is 16.0 Å². The molecule has 4 heteroatoms. The molecule has 0 aliphatic carbocycles. The van der Waals surface area contributed by atoms with Crippen LogP contribution in [0.4, 0.5) is 5.69 Å². The van der Waals surface area contributed by atoms with E-state index in [0.717, 1.165) is 11.3 Å². The van der Waals surface area contributed by atoms with Crippen LogP contribution < -0.4 is 11.1 Å². The van der Waals surface area contributed by atoms with Crippen LogP contribution in [0.5, 0.6) is 0 Å². The van der Waals surface area contributed by atoms with Gasteiger partial charge in [-0.05, 0) is 56.5 Å². The predicted molar refractivity (Wildman–Crippen MR) is 87.3 cm³/mol. The minimum atomic E-state index is -0.282. The highest BCUT2D eigenvalue weighted by Crippen LogP contribution is 2.18.